The number of hydrogen-bond acceptors (Lipinski definition) is 3. The molecule has 1 aliphatic heterocycles. The lowest BCUT2D eigenvalue weighted by Crippen LogP contribution is -2.44. The van der Waals surface area contributed by atoms with Gasteiger partial charge in [-0.3, -0.25) is 4.79 Å². The van der Waals surface area contributed by atoms with Gasteiger partial charge in [0.2, 0.25) is 5.91 Å². The number of amides is 1. The Kier molecular flexibility index (Phi) is 4.73. The van der Waals surface area contributed by atoms with Gasteiger partial charge in [-0.15, -0.1) is 0 Å². The van der Waals surface area contributed by atoms with Crippen molar-refractivity contribution in [3.8, 4) is 0 Å². The van der Waals surface area contributed by atoms with Crippen LogP contribution in [0.3, 0.4) is 0 Å². The molecule has 4 nitrogen and oxygen atoms in total. The summed E-state index contributed by atoms with van der Waals surface area (Å²) >= 11 is 0. The SMILES string of the molecule is CC(C)NCC(O)CN1C(=O)CCc2cc(F)ccc21. The average Bonchev–Trinajstić information content (AvgIpc) is 2.39. The molecule has 1 aromatic rings. The fourth-order valence-corrected chi connectivity index (χ4v) is 2.38. The Morgan fingerprint density at radius 1 is 1.40 bits per heavy atom. The van der Waals surface area contributed by atoms with Crippen LogP contribution in [0.5, 0.6) is 0 Å². The summed E-state index contributed by atoms with van der Waals surface area (Å²) in [4.78, 5) is 13.6. The predicted octanol–water partition coefficient (Wildman–Crippen LogP) is 1.46. The maximum absolute atomic E-state index is 13.2. The first kappa shape index (κ1) is 14.9. The molecule has 1 heterocycles. The maximum Gasteiger partial charge on any atom is 0.227 e. The zero-order valence-electron chi connectivity index (χ0n) is 11.9. The molecular weight excluding hydrogens is 259 g/mol. The first-order chi connectivity index (χ1) is 9.47. The number of hydrogen-bond donors (Lipinski definition) is 2. The largest absolute Gasteiger partial charge is 0.390 e. The van der Waals surface area contributed by atoms with E-state index in [-0.39, 0.29) is 24.3 Å². The fourth-order valence-electron chi connectivity index (χ4n) is 2.38. The molecule has 0 aliphatic carbocycles. The van der Waals surface area contributed by atoms with Crippen molar-refractivity contribution in [1.82, 2.24) is 5.32 Å². The first-order valence-corrected chi connectivity index (χ1v) is 6.97. The molecule has 5 heteroatoms. The third-order valence-corrected chi connectivity index (χ3v) is 3.40. The van der Waals surface area contributed by atoms with E-state index in [0.717, 1.165) is 5.56 Å². The van der Waals surface area contributed by atoms with Crippen molar-refractivity contribution in [3.05, 3.63) is 29.6 Å². The molecule has 2 N–H and O–H groups in total. The van der Waals surface area contributed by atoms with Crippen LogP contribution in [-0.4, -0.2) is 36.2 Å². The topological polar surface area (TPSA) is 52.6 Å². The number of aliphatic hydroxyl groups is 1. The van der Waals surface area contributed by atoms with Gasteiger partial charge in [0.05, 0.1) is 12.6 Å². The second-order valence-electron chi connectivity index (χ2n) is 5.49. The standard InChI is InChI=1S/C15H21FN2O2/c1-10(2)17-8-13(19)9-18-14-5-4-12(16)7-11(14)3-6-15(18)20/h4-5,7,10,13,17,19H,3,6,8-9H2,1-2H3. The van der Waals surface area contributed by atoms with Gasteiger partial charge in [-0.2, -0.15) is 0 Å². The highest BCUT2D eigenvalue weighted by Crippen LogP contribution is 2.28. The third kappa shape index (κ3) is 3.55. The zero-order valence-corrected chi connectivity index (χ0v) is 11.9. The second-order valence-corrected chi connectivity index (χ2v) is 5.49. The summed E-state index contributed by atoms with van der Waals surface area (Å²) in [6.45, 7) is 4.66. The van der Waals surface area contributed by atoms with Crippen LogP contribution in [0.1, 0.15) is 25.8 Å². The van der Waals surface area contributed by atoms with Crippen LogP contribution in [0.15, 0.2) is 18.2 Å². The lowest BCUT2D eigenvalue weighted by molar-refractivity contribution is -0.119. The van der Waals surface area contributed by atoms with E-state index in [1.54, 1.807) is 11.0 Å². The molecule has 1 amide bonds. The van der Waals surface area contributed by atoms with Crippen LogP contribution < -0.4 is 10.2 Å². The lowest BCUT2D eigenvalue weighted by Gasteiger charge is -2.31. The molecule has 2 rings (SSSR count). The van der Waals surface area contributed by atoms with Crippen molar-refractivity contribution in [1.29, 1.82) is 0 Å². The van der Waals surface area contributed by atoms with E-state index in [4.69, 9.17) is 0 Å². The Hall–Kier alpha value is -1.46. The summed E-state index contributed by atoms with van der Waals surface area (Å²) in [7, 11) is 0. The number of carbonyl (C=O) groups is 1. The minimum atomic E-state index is -0.641. The van der Waals surface area contributed by atoms with Gasteiger partial charge in [-0.05, 0) is 30.2 Å². The van der Waals surface area contributed by atoms with Crippen LogP contribution in [0.4, 0.5) is 10.1 Å². The third-order valence-electron chi connectivity index (χ3n) is 3.40. The molecule has 1 unspecified atom stereocenters. The summed E-state index contributed by atoms with van der Waals surface area (Å²) in [5.41, 5.74) is 1.54. The highest BCUT2D eigenvalue weighted by atomic mass is 19.1. The van der Waals surface area contributed by atoms with E-state index in [9.17, 15) is 14.3 Å². The fraction of sp³-hybridized carbons (Fsp3) is 0.533. The van der Waals surface area contributed by atoms with E-state index >= 15 is 0 Å². The smallest absolute Gasteiger partial charge is 0.227 e. The minimum Gasteiger partial charge on any atom is -0.390 e. The van der Waals surface area contributed by atoms with Crippen molar-refractivity contribution >= 4 is 11.6 Å². The number of carbonyl (C=O) groups excluding carboxylic acids is 1. The van der Waals surface area contributed by atoms with Gasteiger partial charge in [-0.25, -0.2) is 4.39 Å². The molecule has 0 saturated carbocycles. The summed E-state index contributed by atoms with van der Waals surface area (Å²) in [5.74, 6) is -0.312. The predicted molar refractivity (Wildman–Crippen MR) is 76.2 cm³/mol. The van der Waals surface area contributed by atoms with Crippen LogP contribution in [0, 0.1) is 5.82 Å². The molecule has 0 bridgehead atoms. The molecule has 1 aliphatic rings. The van der Waals surface area contributed by atoms with Gasteiger partial charge in [0.25, 0.3) is 0 Å². The zero-order chi connectivity index (χ0) is 14.7. The van der Waals surface area contributed by atoms with Crippen molar-refractivity contribution in [2.45, 2.75) is 38.8 Å². The summed E-state index contributed by atoms with van der Waals surface area (Å²) in [6.07, 6.45) is 0.279. The molecule has 0 radical (unpaired) electrons. The van der Waals surface area contributed by atoms with E-state index in [2.05, 4.69) is 5.32 Å². The molecule has 0 spiro atoms. The Morgan fingerprint density at radius 3 is 2.85 bits per heavy atom. The van der Waals surface area contributed by atoms with Gasteiger partial charge >= 0.3 is 0 Å². The van der Waals surface area contributed by atoms with Crippen LogP contribution >= 0.6 is 0 Å². The number of aryl methyl sites for hydroxylation is 1. The van der Waals surface area contributed by atoms with Gasteiger partial charge in [0.15, 0.2) is 0 Å². The minimum absolute atomic E-state index is 0.0206. The number of halogens is 1. The first-order valence-electron chi connectivity index (χ1n) is 6.97. The number of rotatable bonds is 5. The molecule has 0 fully saturated rings. The van der Waals surface area contributed by atoms with Crippen molar-refractivity contribution in [3.63, 3.8) is 0 Å². The second kappa shape index (κ2) is 6.33. The number of nitrogens with one attached hydrogen (secondary N) is 1. The van der Waals surface area contributed by atoms with Gasteiger partial charge in [0.1, 0.15) is 5.82 Å². The van der Waals surface area contributed by atoms with Crippen molar-refractivity contribution < 1.29 is 14.3 Å². The quantitative estimate of drug-likeness (QED) is 0.858. The number of aliphatic hydroxyl groups excluding tert-OH is 1. The molecule has 0 saturated heterocycles. The molecule has 110 valence electrons. The molecular formula is C15H21FN2O2. The van der Waals surface area contributed by atoms with Crippen molar-refractivity contribution in [2.24, 2.45) is 0 Å². The van der Waals surface area contributed by atoms with Crippen LogP contribution in [0.2, 0.25) is 0 Å². The van der Waals surface area contributed by atoms with Gasteiger partial charge < -0.3 is 15.3 Å². The van der Waals surface area contributed by atoms with Gasteiger partial charge in [0, 0.05) is 24.7 Å². The Balaban J connectivity index is 2.09. The highest BCUT2D eigenvalue weighted by molar-refractivity contribution is 5.96. The summed E-state index contributed by atoms with van der Waals surface area (Å²) < 4.78 is 13.2. The number of fused-ring (bicyclic) bond motifs is 1. The average molecular weight is 280 g/mol. The molecule has 1 aromatic carbocycles. The van der Waals surface area contributed by atoms with Crippen LogP contribution in [-0.2, 0) is 11.2 Å². The van der Waals surface area contributed by atoms with Crippen molar-refractivity contribution in [2.75, 3.05) is 18.0 Å². The maximum atomic E-state index is 13.2. The molecule has 20 heavy (non-hydrogen) atoms. The van der Waals surface area contributed by atoms with E-state index in [1.807, 2.05) is 13.8 Å². The number of anilines is 1. The Labute approximate surface area is 118 Å². The Morgan fingerprint density at radius 2 is 2.15 bits per heavy atom. The number of nitrogens with zero attached hydrogens (tertiary/aromatic N) is 1. The molecule has 0 aromatic heterocycles. The molecule has 1 atom stereocenters. The Bertz CT molecular complexity index is 491. The summed E-state index contributed by atoms with van der Waals surface area (Å²) in [6, 6.07) is 4.71. The summed E-state index contributed by atoms with van der Waals surface area (Å²) in [5, 5.41) is 13.2. The normalized spacial score (nSPS) is 16.4. The van der Waals surface area contributed by atoms with E-state index < -0.39 is 6.10 Å². The van der Waals surface area contributed by atoms with E-state index in [1.165, 1.54) is 12.1 Å². The van der Waals surface area contributed by atoms with Gasteiger partial charge in [-0.1, -0.05) is 13.8 Å². The highest BCUT2D eigenvalue weighted by Gasteiger charge is 2.26. The number of benzene rings is 1. The van der Waals surface area contributed by atoms with E-state index in [0.29, 0.717) is 25.1 Å². The lowest BCUT2D eigenvalue weighted by atomic mass is 10.0. The number of β-amino-alcohol motifs (C(OH)–C–C–N with tert-alkyl or cyclic N) is 1. The van der Waals surface area contributed by atoms with Crippen LogP contribution in [0.25, 0.3) is 0 Å². The monoisotopic (exact) mass is 280 g/mol.